The number of hydrogen-bond acceptors (Lipinski definition) is 2. The molecular formula is C7H14O2. The highest BCUT2D eigenvalue weighted by molar-refractivity contribution is 4.91. The smallest absolute Gasteiger partial charge is 0.100 e. The highest BCUT2D eigenvalue weighted by Gasteiger charge is 2.23. The van der Waals surface area contributed by atoms with Crippen molar-refractivity contribution < 1.29 is 9.84 Å². The zero-order valence-corrected chi connectivity index (χ0v) is 6.22. The standard InChI is InChI=1S/C7H14O2/c1-5-6(8)7(2,3)9-4/h5-6,8H,1H2,2-4H3. The fourth-order valence-corrected chi connectivity index (χ4v) is 0.405. The molecule has 0 saturated heterocycles. The van der Waals surface area contributed by atoms with E-state index < -0.39 is 11.7 Å². The van der Waals surface area contributed by atoms with Gasteiger partial charge in [-0.3, -0.25) is 0 Å². The van der Waals surface area contributed by atoms with Gasteiger partial charge in [0.15, 0.2) is 0 Å². The maximum Gasteiger partial charge on any atom is 0.100 e. The van der Waals surface area contributed by atoms with E-state index in [9.17, 15) is 0 Å². The largest absolute Gasteiger partial charge is 0.386 e. The van der Waals surface area contributed by atoms with Gasteiger partial charge in [-0.25, -0.2) is 0 Å². The first kappa shape index (κ1) is 8.66. The van der Waals surface area contributed by atoms with Crippen LogP contribution in [0.4, 0.5) is 0 Å². The maximum absolute atomic E-state index is 9.14. The second-order valence-corrected chi connectivity index (χ2v) is 2.49. The molecule has 0 aliphatic carbocycles. The molecule has 0 amide bonds. The maximum atomic E-state index is 9.14. The summed E-state index contributed by atoms with van der Waals surface area (Å²) in [4.78, 5) is 0. The van der Waals surface area contributed by atoms with E-state index in [2.05, 4.69) is 6.58 Å². The van der Waals surface area contributed by atoms with Gasteiger partial charge in [0.2, 0.25) is 0 Å². The summed E-state index contributed by atoms with van der Waals surface area (Å²) in [6.45, 7) is 7.05. The van der Waals surface area contributed by atoms with Crippen LogP contribution in [0.25, 0.3) is 0 Å². The number of aliphatic hydroxyl groups is 1. The molecule has 1 atom stereocenters. The van der Waals surface area contributed by atoms with Crippen LogP contribution in [-0.2, 0) is 4.74 Å². The molecule has 1 unspecified atom stereocenters. The van der Waals surface area contributed by atoms with Crippen molar-refractivity contribution in [1.29, 1.82) is 0 Å². The van der Waals surface area contributed by atoms with Crippen LogP contribution in [0.15, 0.2) is 12.7 Å². The van der Waals surface area contributed by atoms with Crippen molar-refractivity contribution in [2.24, 2.45) is 0 Å². The van der Waals surface area contributed by atoms with Crippen molar-refractivity contribution in [3.05, 3.63) is 12.7 Å². The van der Waals surface area contributed by atoms with Crippen LogP contribution in [0, 0.1) is 0 Å². The molecule has 0 spiro atoms. The molecule has 0 aliphatic rings. The SMILES string of the molecule is C=CC(O)C(C)(C)OC. The van der Waals surface area contributed by atoms with Crippen LogP contribution in [0.3, 0.4) is 0 Å². The van der Waals surface area contributed by atoms with Crippen molar-refractivity contribution in [2.75, 3.05) is 7.11 Å². The van der Waals surface area contributed by atoms with Crippen LogP contribution in [-0.4, -0.2) is 23.9 Å². The van der Waals surface area contributed by atoms with E-state index in [-0.39, 0.29) is 0 Å². The summed E-state index contributed by atoms with van der Waals surface area (Å²) >= 11 is 0. The third-order valence-corrected chi connectivity index (χ3v) is 1.46. The Kier molecular flexibility index (Phi) is 2.88. The van der Waals surface area contributed by atoms with Gasteiger partial charge in [-0.05, 0) is 13.8 Å². The highest BCUT2D eigenvalue weighted by atomic mass is 16.5. The Bertz CT molecular complexity index is 97.1. The predicted octanol–water partition coefficient (Wildman–Crippen LogP) is 0.958. The van der Waals surface area contributed by atoms with Gasteiger partial charge >= 0.3 is 0 Å². The van der Waals surface area contributed by atoms with Crippen molar-refractivity contribution in [2.45, 2.75) is 25.6 Å². The summed E-state index contributed by atoms with van der Waals surface area (Å²) in [6.07, 6.45) is 0.867. The first-order valence-corrected chi connectivity index (χ1v) is 2.90. The number of rotatable bonds is 3. The minimum atomic E-state index is -0.595. The fraction of sp³-hybridized carbons (Fsp3) is 0.714. The Labute approximate surface area is 56.1 Å². The molecule has 0 radical (unpaired) electrons. The molecule has 0 aliphatic heterocycles. The van der Waals surface area contributed by atoms with Crippen molar-refractivity contribution in [1.82, 2.24) is 0 Å². The Hall–Kier alpha value is -0.340. The summed E-state index contributed by atoms with van der Waals surface area (Å²) in [5.74, 6) is 0. The van der Waals surface area contributed by atoms with Crippen molar-refractivity contribution in [3.63, 3.8) is 0 Å². The third-order valence-electron chi connectivity index (χ3n) is 1.46. The summed E-state index contributed by atoms with van der Waals surface area (Å²) in [7, 11) is 1.56. The Morgan fingerprint density at radius 1 is 1.67 bits per heavy atom. The molecule has 54 valence electrons. The Morgan fingerprint density at radius 3 is 2.22 bits per heavy atom. The molecular weight excluding hydrogens is 116 g/mol. The molecule has 0 fully saturated rings. The van der Waals surface area contributed by atoms with Gasteiger partial charge in [-0.2, -0.15) is 0 Å². The lowest BCUT2D eigenvalue weighted by Crippen LogP contribution is -2.36. The number of aliphatic hydroxyl groups excluding tert-OH is 1. The molecule has 1 N–H and O–H groups in total. The summed E-state index contributed by atoms with van der Waals surface area (Å²) in [5, 5.41) is 9.14. The minimum Gasteiger partial charge on any atom is -0.386 e. The molecule has 0 aromatic heterocycles. The van der Waals surface area contributed by atoms with E-state index in [1.54, 1.807) is 21.0 Å². The third kappa shape index (κ3) is 2.16. The van der Waals surface area contributed by atoms with E-state index >= 15 is 0 Å². The molecule has 0 aromatic rings. The van der Waals surface area contributed by atoms with E-state index in [1.165, 1.54) is 6.08 Å². The first-order chi connectivity index (χ1) is 4.04. The molecule has 9 heavy (non-hydrogen) atoms. The van der Waals surface area contributed by atoms with Gasteiger partial charge in [-0.15, -0.1) is 6.58 Å². The number of methoxy groups -OCH3 is 1. The zero-order chi connectivity index (χ0) is 7.49. The van der Waals surface area contributed by atoms with Crippen LogP contribution >= 0.6 is 0 Å². The summed E-state index contributed by atoms with van der Waals surface area (Å²) in [5.41, 5.74) is -0.512. The lowest BCUT2D eigenvalue weighted by Gasteiger charge is -2.26. The summed E-state index contributed by atoms with van der Waals surface area (Å²) < 4.78 is 4.97. The van der Waals surface area contributed by atoms with E-state index in [0.29, 0.717) is 0 Å². The van der Waals surface area contributed by atoms with Crippen LogP contribution in [0.5, 0.6) is 0 Å². The number of ether oxygens (including phenoxy) is 1. The molecule has 2 nitrogen and oxygen atoms in total. The normalized spacial score (nSPS) is 15.1. The van der Waals surface area contributed by atoms with E-state index in [1.807, 2.05) is 0 Å². The van der Waals surface area contributed by atoms with Crippen LogP contribution in [0.1, 0.15) is 13.8 Å². The number of hydrogen-bond donors (Lipinski definition) is 1. The van der Waals surface area contributed by atoms with Crippen LogP contribution < -0.4 is 0 Å². The predicted molar refractivity (Wildman–Crippen MR) is 37.3 cm³/mol. The van der Waals surface area contributed by atoms with Crippen LogP contribution in [0.2, 0.25) is 0 Å². The lowest BCUT2D eigenvalue weighted by molar-refractivity contribution is -0.0561. The van der Waals surface area contributed by atoms with Gasteiger partial charge in [0.25, 0.3) is 0 Å². The molecule has 0 heterocycles. The lowest BCUT2D eigenvalue weighted by atomic mass is 10.0. The van der Waals surface area contributed by atoms with Gasteiger partial charge in [0, 0.05) is 7.11 Å². The van der Waals surface area contributed by atoms with Gasteiger partial charge in [0.05, 0.1) is 5.60 Å². The fourth-order valence-electron chi connectivity index (χ4n) is 0.405. The van der Waals surface area contributed by atoms with Gasteiger partial charge in [-0.1, -0.05) is 6.08 Å². The van der Waals surface area contributed by atoms with Gasteiger partial charge in [0.1, 0.15) is 6.10 Å². The van der Waals surface area contributed by atoms with Gasteiger partial charge < -0.3 is 9.84 Å². The molecule has 2 heteroatoms. The quantitative estimate of drug-likeness (QED) is 0.576. The Morgan fingerprint density at radius 2 is 2.11 bits per heavy atom. The van der Waals surface area contributed by atoms with Crippen molar-refractivity contribution in [3.8, 4) is 0 Å². The molecule has 0 aromatic carbocycles. The average Bonchev–Trinajstić information content (AvgIpc) is 1.86. The Balaban J connectivity index is 3.95. The highest BCUT2D eigenvalue weighted by Crippen LogP contribution is 2.13. The van der Waals surface area contributed by atoms with Crippen molar-refractivity contribution >= 4 is 0 Å². The topological polar surface area (TPSA) is 29.5 Å². The van der Waals surface area contributed by atoms with E-state index in [4.69, 9.17) is 9.84 Å². The second-order valence-electron chi connectivity index (χ2n) is 2.49. The summed E-state index contributed by atoms with van der Waals surface area (Å²) in [6, 6.07) is 0. The second kappa shape index (κ2) is 2.99. The van der Waals surface area contributed by atoms with E-state index in [0.717, 1.165) is 0 Å². The molecule has 0 saturated carbocycles. The molecule has 0 rings (SSSR count). The minimum absolute atomic E-state index is 0.512. The zero-order valence-electron chi connectivity index (χ0n) is 6.22. The average molecular weight is 130 g/mol. The monoisotopic (exact) mass is 130 g/mol. The molecule has 0 bridgehead atoms. The first-order valence-electron chi connectivity index (χ1n) is 2.90.